The Hall–Kier alpha value is -4.65. The Bertz CT molecular complexity index is 1670. The maximum absolute atomic E-state index is 13.7. The first kappa shape index (κ1) is 26.6. The quantitative estimate of drug-likeness (QED) is 0.193. The van der Waals surface area contributed by atoms with Gasteiger partial charge in [-0.05, 0) is 67.9 Å². The van der Waals surface area contributed by atoms with Crippen LogP contribution in [0.5, 0.6) is 5.75 Å². The van der Waals surface area contributed by atoms with Crippen molar-refractivity contribution in [2.75, 3.05) is 23.3 Å². The van der Waals surface area contributed by atoms with Crippen LogP contribution in [-0.2, 0) is 0 Å². The van der Waals surface area contributed by atoms with Crippen molar-refractivity contribution in [2.24, 2.45) is 0 Å². The molecule has 5 aromatic rings. The average molecular weight is 548 g/mol. The number of rotatable bonds is 8. The molecule has 1 aliphatic heterocycles. The highest BCUT2D eigenvalue weighted by atomic mass is 19.1. The van der Waals surface area contributed by atoms with Gasteiger partial charge in [0.2, 0.25) is 5.95 Å². The summed E-state index contributed by atoms with van der Waals surface area (Å²) in [6.07, 6.45) is 1.80. The van der Waals surface area contributed by atoms with Gasteiger partial charge < -0.3 is 24.9 Å². The maximum Gasteiger partial charge on any atom is 0.207 e. The molecule has 1 saturated heterocycles. The van der Waals surface area contributed by atoms with Crippen molar-refractivity contribution in [2.45, 2.75) is 38.8 Å². The first-order valence-corrected chi connectivity index (χ1v) is 14.1. The Morgan fingerprint density at radius 3 is 2.46 bits per heavy atom. The predicted molar refractivity (Wildman–Crippen MR) is 164 cm³/mol. The van der Waals surface area contributed by atoms with Gasteiger partial charge in [0.25, 0.3) is 0 Å². The number of piperidine rings is 1. The van der Waals surface area contributed by atoms with Crippen LogP contribution in [0.1, 0.15) is 43.9 Å². The fraction of sp³-hybridized carbons (Fsp3) is 0.235. The summed E-state index contributed by atoms with van der Waals surface area (Å²) in [5.41, 5.74) is 5.92. The van der Waals surface area contributed by atoms with Gasteiger partial charge in [0.1, 0.15) is 17.7 Å². The van der Waals surface area contributed by atoms with Crippen LogP contribution in [0.4, 0.5) is 21.7 Å². The van der Waals surface area contributed by atoms with E-state index in [1.807, 2.05) is 24.3 Å². The van der Waals surface area contributed by atoms with Gasteiger partial charge in [-0.15, -0.1) is 0 Å². The molecule has 6 rings (SSSR count). The second-order valence-electron chi connectivity index (χ2n) is 10.6. The number of fused-ring (bicyclic) bond motifs is 1. The van der Waals surface area contributed by atoms with Crippen LogP contribution >= 0.6 is 0 Å². The lowest BCUT2D eigenvalue weighted by atomic mass is 10.1. The summed E-state index contributed by atoms with van der Waals surface area (Å²) in [7, 11) is 0. The Morgan fingerprint density at radius 1 is 0.951 bits per heavy atom. The minimum absolute atomic E-state index is 0.0662. The van der Waals surface area contributed by atoms with Crippen molar-refractivity contribution in [1.82, 2.24) is 9.55 Å². The van der Waals surface area contributed by atoms with Gasteiger partial charge in [-0.3, -0.25) is 0 Å². The summed E-state index contributed by atoms with van der Waals surface area (Å²) < 4.78 is 22.5. The Morgan fingerprint density at radius 2 is 1.71 bits per heavy atom. The third-order valence-corrected chi connectivity index (χ3v) is 7.77. The number of anilines is 3. The van der Waals surface area contributed by atoms with E-state index in [9.17, 15) is 4.39 Å². The van der Waals surface area contributed by atoms with Crippen molar-refractivity contribution >= 4 is 34.1 Å². The molecular formula is C34H34FN5O. The van der Waals surface area contributed by atoms with E-state index in [0.717, 1.165) is 59.9 Å². The SMILES string of the molecule is CC(=N)c1cc(OC2CCN(c3nc4ccccc4n3C(C)c3ccccc3)CC2)ccc1Nc1cccc(F)c1. The molecule has 41 heavy (non-hydrogen) atoms. The van der Waals surface area contributed by atoms with Crippen LogP contribution in [0.15, 0.2) is 97.1 Å². The zero-order valence-electron chi connectivity index (χ0n) is 23.3. The third kappa shape index (κ3) is 5.66. The standard InChI is InChI=1S/C34H34FN5O/c1-23(36)30-22-29(15-16-31(30)37-27-12-8-11-26(35)21-27)41-28-17-19-39(20-18-28)34-38-32-13-6-7-14-33(32)40(34)24(2)25-9-4-3-5-10-25/h3-16,21-22,24,28,36-37H,17-20H2,1-2H3. The summed E-state index contributed by atoms with van der Waals surface area (Å²) in [5, 5.41) is 11.5. The molecule has 208 valence electrons. The van der Waals surface area contributed by atoms with E-state index >= 15 is 0 Å². The van der Waals surface area contributed by atoms with Gasteiger partial charge in [0.15, 0.2) is 0 Å². The van der Waals surface area contributed by atoms with Crippen molar-refractivity contribution in [1.29, 1.82) is 5.41 Å². The van der Waals surface area contributed by atoms with Gasteiger partial charge in [-0.2, -0.15) is 0 Å². The van der Waals surface area contributed by atoms with Crippen molar-refractivity contribution in [3.05, 3.63) is 114 Å². The first-order chi connectivity index (χ1) is 20.0. The molecule has 6 nitrogen and oxygen atoms in total. The minimum Gasteiger partial charge on any atom is -0.490 e. The number of imidazole rings is 1. The molecule has 4 aromatic carbocycles. The molecule has 0 spiro atoms. The van der Waals surface area contributed by atoms with Crippen LogP contribution < -0.4 is 15.0 Å². The summed E-state index contributed by atoms with van der Waals surface area (Å²) in [6, 6.07) is 31.1. The van der Waals surface area contributed by atoms with E-state index in [0.29, 0.717) is 11.4 Å². The second kappa shape index (κ2) is 11.5. The Kier molecular flexibility index (Phi) is 7.42. The van der Waals surface area contributed by atoms with Crippen LogP contribution in [-0.4, -0.2) is 34.5 Å². The topological polar surface area (TPSA) is 66.2 Å². The fourth-order valence-corrected chi connectivity index (χ4v) is 5.62. The molecule has 0 saturated carbocycles. The van der Waals surface area contributed by atoms with Gasteiger partial charge in [0, 0.05) is 48.6 Å². The Balaban J connectivity index is 1.18. The lowest BCUT2D eigenvalue weighted by Crippen LogP contribution is -2.39. The van der Waals surface area contributed by atoms with E-state index in [2.05, 4.69) is 70.2 Å². The Labute approximate surface area is 239 Å². The fourth-order valence-electron chi connectivity index (χ4n) is 5.62. The number of para-hydroxylation sites is 2. The molecule has 2 N–H and O–H groups in total. The lowest BCUT2D eigenvalue weighted by Gasteiger charge is -2.34. The molecule has 0 bridgehead atoms. The molecule has 1 unspecified atom stereocenters. The van der Waals surface area contributed by atoms with Crippen molar-refractivity contribution < 1.29 is 9.13 Å². The lowest BCUT2D eigenvalue weighted by molar-refractivity contribution is 0.170. The second-order valence-corrected chi connectivity index (χ2v) is 10.6. The number of hydrogen-bond donors (Lipinski definition) is 2. The molecule has 1 atom stereocenters. The molecule has 1 aromatic heterocycles. The summed E-state index contributed by atoms with van der Waals surface area (Å²) in [5.74, 6) is 1.43. The highest BCUT2D eigenvalue weighted by Crippen LogP contribution is 2.33. The number of hydrogen-bond acceptors (Lipinski definition) is 5. The van der Waals surface area contributed by atoms with Crippen LogP contribution in [0.3, 0.4) is 0 Å². The molecule has 1 fully saturated rings. The normalized spacial score (nSPS) is 14.7. The largest absolute Gasteiger partial charge is 0.490 e. The number of halogens is 1. The molecule has 1 aliphatic rings. The number of ether oxygens (including phenoxy) is 1. The van der Waals surface area contributed by atoms with Crippen LogP contribution in [0.25, 0.3) is 11.0 Å². The number of benzene rings is 4. The molecule has 0 amide bonds. The smallest absolute Gasteiger partial charge is 0.207 e. The van der Waals surface area contributed by atoms with E-state index in [4.69, 9.17) is 15.1 Å². The van der Waals surface area contributed by atoms with E-state index < -0.39 is 0 Å². The predicted octanol–water partition coefficient (Wildman–Crippen LogP) is 7.96. The summed E-state index contributed by atoms with van der Waals surface area (Å²) >= 11 is 0. The van der Waals surface area contributed by atoms with Gasteiger partial charge >= 0.3 is 0 Å². The van der Waals surface area contributed by atoms with Gasteiger partial charge in [0.05, 0.1) is 17.1 Å². The number of aromatic nitrogens is 2. The van der Waals surface area contributed by atoms with Crippen molar-refractivity contribution in [3.63, 3.8) is 0 Å². The number of nitrogens with one attached hydrogen (secondary N) is 2. The monoisotopic (exact) mass is 547 g/mol. The van der Waals surface area contributed by atoms with E-state index in [1.54, 1.807) is 19.1 Å². The zero-order chi connectivity index (χ0) is 28.3. The molecule has 2 heterocycles. The maximum atomic E-state index is 13.7. The van der Waals surface area contributed by atoms with Gasteiger partial charge in [-0.25, -0.2) is 9.37 Å². The van der Waals surface area contributed by atoms with Gasteiger partial charge in [-0.1, -0.05) is 48.5 Å². The average Bonchev–Trinajstić information content (AvgIpc) is 3.38. The summed E-state index contributed by atoms with van der Waals surface area (Å²) in [6.45, 7) is 5.66. The minimum atomic E-state index is -0.306. The molecular weight excluding hydrogens is 513 g/mol. The first-order valence-electron chi connectivity index (χ1n) is 14.1. The van der Waals surface area contributed by atoms with E-state index in [-0.39, 0.29) is 18.0 Å². The van der Waals surface area contributed by atoms with E-state index in [1.165, 1.54) is 17.7 Å². The zero-order valence-corrected chi connectivity index (χ0v) is 23.3. The third-order valence-electron chi connectivity index (χ3n) is 7.77. The van der Waals surface area contributed by atoms with Crippen LogP contribution in [0.2, 0.25) is 0 Å². The molecule has 7 heteroatoms. The van der Waals surface area contributed by atoms with Crippen LogP contribution in [0, 0.1) is 11.2 Å². The molecule has 0 aliphatic carbocycles. The highest BCUT2D eigenvalue weighted by Gasteiger charge is 2.27. The van der Waals surface area contributed by atoms with Crippen molar-refractivity contribution in [3.8, 4) is 5.75 Å². The highest BCUT2D eigenvalue weighted by molar-refractivity contribution is 6.02. The molecule has 0 radical (unpaired) electrons. The number of nitrogens with zero attached hydrogens (tertiary/aromatic N) is 3. The summed E-state index contributed by atoms with van der Waals surface area (Å²) in [4.78, 5) is 7.44.